The summed E-state index contributed by atoms with van der Waals surface area (Å²) in [5.74, 6) is 1.50. The van der Waals surface area contributed by atoms with E-state index >= 15 is 0 Å². The third-order valence-corrected chi connectivity index (χ3v) is 7.67. The first kappa shape index (κ1) is 27.6. The van der Waals surface area contributed by atoms with Gasteiger partial charge in [0.05, 0.1) is 11.4 Å². The van der Waals surface area contributed by atoms with E-state index in [9.17, 15) is 4.79 Å². The van der Waals surface area contributed by atoms with Crippen LogP contribution in [0.1, 0.15) is 44.1 Å². The number of nitrogens with one attached hydrogen (secondary N) is 1. The van der Waals surface area contributed by atoms with Gasteiger partial charge in [0.2, 0.25) is 0 Å². The zero-order valence-corrected chi connectivity index (χ0v) is 24.0. The predicted molar refractivity (Wildman–Crippen MR) is 162 cm³/mol. The molecule has 0 spiro atoms. The molecule has 8 heteroatoms. The molecule has 0 bridgehead atoms. The molecule has 0 aliphatic carbocycles. The summed E-state index contributed by atoms with van der Waals surface area (Å²) in [6, 6.07) is 20.1. The normalized spacial score (nSPS) is 13.8. The standard InChI is InChI=1S/C34H34N6O2/c1-23-3-4-26(17-32(41)27-7-5-25(6-8-27)22-40-13-11-35-12-14-40)16-28(23)19-34-37-10-9-31(38-34)29-18-30(21-36-20-29)33-15-24(2)39-42-33/h3-10,15-16,18,20-21,35H,11-14,17,19,22H2,1-2H3. The molecule has 0 saturated carbocycles. The van der Waals surface area contributed by atoms with Crippen molar-refractivity contribution in [3.05, 3.63) is 119 Å². The number of rotatable bonds is 9. The van der Waals surface area contributed by atoms with Gasteiger partial charge in [0.15, 0.2) is 11.5 Å². The molecule has 212 valence electrons. The van der Waals surface area contributed by atoms with Gasteiger partial charge in [-0.2, -0.15) is 0 Å². The number of aromatic nitrogens is 4. The molecule has 3 aromatic heterocycles. The predicted octanol–water partition coefficient (Wildman–Crippen LogP) is 5.23. The van der Waals surface area contributed by atoms with Crippen LogP contribution in [0.25, 0.3) is 22.6 Å². The fraction of sp³-hybridized carbons (Fsp3) is 0.265. The smallest absolute Gasteiger partial charge is 0.168 e. The molecular weight excluding hydrogens is 524 g/mol. The molecule has 0 amide bonds. The summed E-state index contributed by atoms with van der Waals surface area (Å²) in [7, 11) is 0. The summed E-state index contributed by atoms with van der Waals surface area (Å²) < 4.78 is 5.41. The summed E-state index contributed by atoms with van der Waals surface area (Å²) in [6.07, 6.45) is 6.23. The van der Waals surface area contributed by atoms with Gasteiger partial charge in [-0.05, 0) is 48.2 Å². The van der Waals surface area contributed by atoms with Gasteiger partial charge < -0.3 is 9.84 Å². The molecule has 0 radical (unpaired) electrons. The Balaban J connectivity index is 1.14. The van der Waals surface area contributed by atoms with Crippen LogP contribution in [0.3, 0.4) is 0 Å². The van der Waals surface area contributed by atoms with Crippen molar-refractivity contribution >= 4 is 5.78 Å². The maximum absolute atomic E-state index is 13.1. The van der Waals surface area contributed by atoms with E-state index in [4.69, 9.17) is 9.51 Å². The number of ketones is 1. The molecule has 1 fully saturated rings. The number of Topliss-reactive ketones (excluding diaryl/α,β-unsaturated/α-hetero) is 1. The van der Waals surface area contributed by atoms with Crippen LogP contribution in [-0.4, -0.2) is 57.0 Å². The van der Waals surface area contributed by atoms with Gasteiger partial charge >= 0.3 is 0 Å². The van der Waals surface area contributed by atoms with E-state index in [1.165, 1.54) is 5.56 Å². The summed E-state index contributed by atoms with van der Waals surface area (Å²) >= 11 is 0. The SMILES string of the molecule is Cc1cc(-c2cncc(-c3ccnc(Cc4cc(CC(=O)c5ccc(CN6CCNCC6)cc5)ccc4C)n3)c2)on1. The number of hydrogen-bond acceptors (Lipinski definition) is 8. The average molecular weight is 559 g/mol. The number of benzene rings is 2. The Bertz CT molecular complexity index is 1690. The van der Waals surface area contributed by atoms with E-state index in [2.05, 4.69) is 56.5 Å². The van der Waals surface area contributed by atoms with Gasteiger partial charge in [-0.15, -0.1) is 0 Å². The summed E-state index contributed by atoms with van der Waals surface area (Å²) in [5.41, 5.74) is 8.54. The third kappa shape index (κ3) is 6.67. The van der Waals surface area contributed by atoms with Crippen molar-refractivity contribution < 1.29 is 9.32 Å². The number of carbonyl (C=O) groups is 1. The highest BCUT2D eigenvalue weighted by Crippen LogP contribution is 2.25. The van der Waals surface area contributed by atoms with Crippen LogP contribution in [0.2, 0.25) is 0 Å². The first-order valence-corrected chi connectivity index (χ1v) is 14.3. The summed E-state index contributed by atoms with van der Waals surface area (Å²) in [5, 5.41) is 7.36. The molecule has 1 N–H and O–H groups in total. The molecule has 1 aliphatic rings. The molecule has 2 aromatic carbocycles. The van der Waals surface area contributed by atoms with Gasteiger partial charge in [0.1, 0.15) is 5.82 Å². The number of hydrogen-bond donors (Lipinski definition) is 1. The Kier molecular flexibility index (Phi) is 8.26. The van der Waals surface area contributed by atoms with Gasteiger partial charge in [-0.3, -0.25) is 14.7 Å². The third-order valence-electron chi connectivity index (χ3n) is 7.67. The fourth-order valence-electron chi connectivity index (χ4n) is 5.27. The maximum Gasteiger partial charge on any atom is 0.168 e. The van der Waals surface area contributed by atoms with E-state index < -0.39 is 0 Å². The van der Waals surface area contributed by atoms with Crippen molar-refractivity contribution in [2.75, 3.05) is 26.2 Å². The zero-order chi connectivity index (χ0) is 28.9. The van der Waals surface area contributed by atoms with E-state index in [0.717, 1.165) is 77.5 Å². The van der Waals surface area contributed by atoms with Crippen LogP contribution in [-0.2, 0) is 19.4 Å². The first-order chi connectivity index (χ1) is 20.5. The van der Waals surface area contributed by atoms with Crippen molar-refractivity contribution in [1.82, 2.24) is 30.3 Å². The van der Waals surface area contributed by atoms with Gasteiger partial charge in [-0.1, -0.05) is 47.6 Å². The Hall–Kier alpha value is -4.53. The average Bonchev–Trinajstić information content (AvgIpc) is 3.46. The minimum Gasteiger partial charge on any atom is -0.356 e. The molecule has 1 saturated heterocycles. The monoisotopic (exact) mass is 558 g/mol. The maximum atomic E-state index is 13.1. The Morgan fingerprint density at radius 2 is 1.71 bits per heavy atom. The van der Waals surface area contributed by atoms with Crippen LogP contribution in [0.4, 0.5) is 0 Å². The van der Waals surface area contributed by atoms with Crippen LogP contribution in [0.15, 0.2) is 83.8 Å². The fourth-order valence-corrected chi connectivity index (χ4v) is 5.27. The van der Waals surface area contributed by atoms with Crippen molar-refractivity contribution in [3.63, 3.8) is 0 Å². The quantitative estimate of drug-likeness (QED) is 0.246. The molecule has 4 heterocycles. The molecule has 6 rings (SSSR count). The van der Waals surface area contributed by atoms with Crippen LogP contribution in [0.5, 0.6) is 0 Å². The topological polar surface area (TPSA) is 97.0 Å². The molecule has 5 aromatic rings. The highest BCUT2D eigenvalue weighted by Gasteiger charge is 2.14. The minimum atomic E-state index is 0.117. The zero-order valence-electron chi connectivity index (χ0n) is 24.0. The van der Waals surface area contributed by atoms with Crippen molar-refractivity contribution in [2.24, 2.45) is 0 Å². The second-order valence-electron chi connectivity index (χ2n) is 10.9. The second-order valence-corrected chi connectivity index (χ2v) is 10.9. The van der Waals surface area contributed by atoms with Crippen molar-refractivity contribution in [2.45, 2.75) is 33.2 Å². The summed E-state index contributed by atoms with van der Waals surface area (Å²) in [6.45, 7) is 9.06. The van der Waals surface area contributed by atoms with Gasteiger partial charge in [0, 0.05) is 86.9 Å². The first-order valence-electron chi connectivity index (χ1n) is 14.3. The lowest BCUT2D eigenvalue weighted by molar-refractivity contribution is 0.0993. The lowest BCUT2D eigenvalue weighted by Gasteiger charge is -2.27. The molecule has 1 aliphatic heterocycles. The molecule has 42 heavy (non-hydrogen) atoms. The van der Waals surface area contributed by atoms with E-state index in [0.29, 0.717) is 24.4 Å². The van der Waals surface area contributed by atoms with Gasteiger partial charge in [-0.25, -0.2) is 9.97 Å². The second kappa shape index (κ2) is 12.5. The largest absolute Gasteiger partial charge is 0.356 e. The molecular formula is C34H34N6O2. The number of piperazine rings is 1. The van der Waals surface area contributed by atoms with Gasteiger partial charge in [0.25, 0.3) is 0 Å². The Labute approximate surface area is 245 Å². The number of carbonyl (C=O) groups excluding carboxylic acids is 1. The number of nitrogens with zero attached hydrogens (tertiary/aromatic N) is 5. The van der Waals surface area contributed by atoms with Crippen LogP contribution >= 0.6 is 0 Å². The highest BCUT2D eigenvalue weighted by molar-refractivity contribution is 5.97. The van der Waals surface area contributed by atoms with E-state index in [1.54, 1.807) is 18.6 Å². The molecule has 8 nitrogen and oxygen atoms in total. The molecule has 0 unspecified atom stereocenters. The van der Waals surface area contributed by atoms with E-state index in [-0.39, 0.29) is 5.78 Å². The van der Waals surface area contributed by atoms with Crippen LogP contribution < -0.4 is 5.32 Å². The lowest BCUT2D eigenvalue weighted by Crippen LogP contribution is -2.42. The minimum absolute atomic E-state index is 0.117. The van der Waals surface area contributed by atoms with Crippen LogP contribution in [0, 0.1) is 13.8 Å². The molecule has 0 atom stereocenters. The highest BCUT2D eigenvalue weighted by atomic mass is 16.5. The lowest BCUT2D eigenvalue weighted by atomic mass is 9.97. The van der Waals surface area contributed by atoms with E-state index in [1.807, 2.05) is 43.3 Å². The van der Waals surface area contributed by atoms with Crippen molar-refractivity contribution in [3.8, 4) is 22.6 Å². The Morgan fingerprint density at radius 3 is 2.50 bits per heavy atom. The van der Waals surface area contributed by atoms with Crippen molar-refractivity contribution in [1.29, 1.82) is 0 Å². The number of pyridine rings is 1. The summed E-state index contributed by atoms with van der Waals surface area (Å²) in [4.78, 5) is 29.3. The Morgan fingerprint density at radius 1 is 0.929 bits per heavy atom. The number of aryl methyl sites for hydroxylation is 2.